The lowest BCUT2D eigenvalue weighted by atomic mass is 9.67. The molecule has 1 aliphatic carbocycles. The van der Waals surface area contributed by atoms with Gasteiger partial charge in [-0.15, -0.1) is 0 Å². The molecule has 0 aromatic rings. The second-order valence-electron chi connectivity index (χ2n) is 5.25. The van der Waals surface area contributed by atoms with Crippen molar-refractivity contribution in [2.75, 3.05) is 6.61 Å². The van der Waals surface area contributed by atoms with E-state index in [1.807, 2.05) is 0 Å². The second kappa shape index (κ2) is 3.99. The van der Waals surface area contributed by atoms with Gasteiger partial charge in [-0.2, -0.15) is 0 Å². The quantitative estimate of drug-likeness (QED) is 0.489. The lowest BCUT2D eigenvalue weighted by molar-refractivity contribution is -0.154. The fraction of sp³-hybridized carbons (Fsp3) is 0.769. The van der Waals surface area contributed by atoms with Crippen LogP contribution in [0, 0.1) is 23.7 Å². The first kappa shape index (κ1) is 10.7. The maximum absolute atomic E-state index is 11.3. The number of esters is 1. The largest absolute Gasteiger partial charge is 0.465 e. The molecule has 1 fully saturated rings. The number of carbonyl (C=O) groups excluding carboxylic acids is 1. The topological polar surface area (TPSA) is 26.3 Å². The first-order chi connectivity index (χ1) is 7.09. The molecule has 0 saturated carbocycles. The normalized spacial score (nSPS) is 35.9. The Morgan fingerprint density at radius 3 is 2.87 bits per heavy atom. The predicted octanol–water partition coefficient (Wildman–Crippen LogP) is 2.79. The SMILES string of the molecule is CC1=CC[C@H](C(C)C)[C@H]2COC(=O)C[C@@H]12. The Balaban J connectivity index is 2.20. The van der Waals surface area contributed by atoms with Gasteiger partial charge in [0.2, 0.25) is 0 Å². The summed E-state index contributed by atoms with van der Waals surface area (Å²) in [5, 5.41) is 0. The van der Waals surface area contributed by atoms with Crippen LogP contribution in [-0.2, 0) is 9.53 Å². The van der Waals surface area contributed by atoms with Gasteiger partial charge in [-0.3, -0.25) is 4.79 Å². The summed E-state index contributed by atoms with van der Waals surface area (Å²) in [6, 6.07) is 0. The van der Waals surface area contributed by atoms with Crippen LogP contribution in [0.25, 0.3) is 0 Å². The van der Waals surface area contributed by atoms with E-state index in [1.165, 1.54) is 5.57 Å². The summed E-state index contributed by atoms with van der Waals surface area (Å²) >= 11 is 0. The number of rotatable bonds is 1. The highest BCUT2D eigenvalue weighted by atomic mass is 16.5. The van der Waals surface area contributed by atoms with Gasteiger partial charge >= 0.3 is 5.97 Å². The molecule has 3 atom stereocenters. The van der Waals surface area contributed by atoms with Crippen molar-refractivity contribution in [3.05, 3.63) is 11.6 Å². The minimum atomic E-state index is -0.0200. The van der Waals surface area contributed by atoms with Crippen LogP contribution in [0.15, 0.2) is 11.6 Å². The van der Waals surface area contributed by atoms with E-state index in [2.05, 4.69) is 26.8 Å². The molecule has 0 amide bonds. The zero-order chi connectivity index (χ0) is 11.0. The van der Waals surface area contributed by atoms with E-state index in [1.54, 1.807) is 0 Å². The molecule has 1 saturated heterocycles. The van der Waals surface area contributed by atoms with Gasteiger partial charge < -0.3 is 4.74 Å². The fourth-order valence-corrected chi connectivity index (χ4v) is 3.03. The van der Waals surface area contributed by atoms with E-state index in [0.29, 0.717) is 36.7 Å². The maximum Gasteiger partial charge on any atom is 0.306 e. The van der Waals surface area contributed by atoms with Gasteiger partial charge in [0.15, 0.2) is 0 Å². The summed E-state index contributed by atoms with van der Waals surface area (Å²) in [5.74, 6) is 2.36. The molecular formula is C13H20O2. The molecule has 1 aliphatic heterocycles. The van der Waals surface area contributed by atoms with Crippen LogP contribution in [0.5, 0.6) is 0 Å². The van der Waals surface area contributed by atoms with Crippen LogP contribution in [-0.4, -0.2) is 12.6 Å². The second-order valence-corrected chi connectivity index (χ2v) is 5.25. The molecule has 0 unspecified atom stereocenters. The molecule has 0 bridgehead atoms. The summed E-state index contributed by atoms with van der Waals surface area (Å²) in [7, 11) is 0. The third-order valence-electron chi connectivity index (χ3n) is 4.04. The Labute approximate surface area is 91.7 Å². The van der Waals surface area contributed by atoms with E-state index >= 15 is 0 Å². The predicted molar refractivity (Wildman–Crippen MR) is 59.3 cm³/mol. The van der Waals surface area contributed by atoms with E-state index < -0.39 is 0 Å². The number of hydrogen-bond acceptors (Lipinski definition) is 2. The first-order valence-corrected chi connectivity index (χ1v) is 5.92. The number of carbonyl (C=O) groups is 1. The van der Waals surface area contributed by atoms with E-state index in [9.17, 15) is 4.79 Å². The summed E-state index contributed by atoms with van der Waals surface area (Å²) in [6.45, 7) is 7.34. The van der Waals surface area contributed by atoms with Crippen molar-refractivity contribution in [1.29, 1.82) is 0 Å². The summed E-state index contributed by atoms with van der Waals surface area (Å²) in [5.41, 5.74) is 1.40. The van der Waals surface area contributed by atoms with Gasteiger partial charge in [0.1, 0.15) is 0 Å². The van der Waals surface area contributed by atoms with Gasteiger partial charge in [0, 0.05) is 5.92 Å². The molecule has 0 aromatic carbocycles. The lowest BCUT2D eigenvalue weighted by Gasteiger charge is -2.41. The zero-order valence-corrected chi connectivity index (χ0v) is 9.82. The average Bonchev–Trinajstić information content (AvgIpc) is 2.19. The average molecular weight is 208 g/mol. The van der Waals surface area contributed by atoms with Crippen molar-refractivity contribution < 1.29 is 9.53 Å². The van der Waals surface area contributed by atoms with Crippen LogP contribution in [0.2, 0.25) is 0 Å². The molecule has 2 rings (SSSR count). The summed E-state index contributed by atoms with van der Waals surface area (Å²) < 4.78 is 5.21. The molecule has 0 N–H and O–H groups in total. The summed E-state index contributed by atoms with van der Waals surface area (Å²) in [4.78, 5) is 11.3. The molecule has 2 heteroatoms. The Hall–Kier alpha value is -0.790. The van der Waals surface area contributed by atoms with E-state index in [-0.39, 0.29) is 5.97 Å². The molecule has 0 radical (unpaired) electrons. The van der Waals surface area contributed by atoms with Gasteiger partial charge in [-0.05, 0) is 31.1 Å². The van der Waals surface area contributed by atoms with Crippen molar-refractivity contribution in [3.8, 4) is 0 Å². The molecular weight excluding hydrogens is 188 g/mol. The molecule has 84 valence electrons. The van der Waals surface area contributed by atoms with Crippen molar-refractivity contribution in [2.24, 2.45) is 23.7 Å². The lowest BCUT2D eigenvalue weighted by Crippen LogP contribution is -2.40. The number of allylic oxidation sites excluding steroid dienone is 2. The number of fused-ring (bicyclic) bond motifs is 1. The Bertz CT molecular complexity index is 291. The van der Waals surface area contributed by atoms with Crippen LogP contribution >= 0.6 is 0 Å². The molecule has 0 spiro atoms. The highest BCUT2D eigenvalue weighted by Crippen LogP contribution is 2.42. The molecule has 2 nitrogen and oxygen atoms in total. The summed E-state index contributed by atoms with van der Waals surface area (Å²) in [6.07, 6.45) is 4.07. The minimum absolute atomic E-state index is 0.0200. The first-order valence-electron chi connectivity index (χ1n) is 5.92. The van der Waals surface area contributed by atoms with Crippen molar-refractivity contribution in [2.45, 2.75) is 33.6 Å². The molecule has 1 heterocycles. The third kappa shape index (κ3) is 1.95. The number of ether oxygens (including phenoxy) is 1. The smallest absolute Gasteiger partial charge is 0.306 e. The number of cyclic esters (lactones) is 1. The van der Waals surface area contributed by atoms with E-state index in [0.717, 1.165) is 6.42 Å². The fourth-order valence-electron chi connectivity index (χ4n) is 3.03. The highest BCUT2D eigenvalue weighted by molar-refractivity contribution is 5.71. The van der Waals surface area contributed by atoms with Crippen LogP contribution in [0.4, 0.5) is 0 Å². The van der Waals surface area contributed by atoms with Gasteiger partial charge in [-0.1, -0.05) is 25.5 Å². The van der Waals surface area contributed by atoms with Crippen LogP contribution in [0.1, 0.15) is 33.6 Å². The minimum Gasteiger partial charge on any atom is -0.465 e. The van der Waals surface area contributed by atoms with Crippen LogP contribution < -0.4 is 0 Å². The van der Waals surface area contributed by atoms with Crippen molar-refractivity contribution in [1.82, 2.24) is 0 Å². The Morgan fingerprint density at radius 2 is 2.20 bits per heavy atom. The Kier molecular flexibility index (Phi) is 2.85. The molecule has 0 aromatic heterocycles. The number of hydrogen-bond donors (Lipinski definition) is 0. The van der Waals surface area contributed by atoms with Gasteiger partial charge in [-0.25, -0.2) is 0 Å². The van der Waals surface area contributed by atoms with Crippen molar-refractivity contribution in [3.63, 3.8) is 0 Å². The standard InChI is InChI=1S/C13H20O2/c1-8(2)10-5-4-9(3)11-6-13(14)15-7-12(10)11/h4,8,10-12H,5-7H2,1-3H3/t10-,11+,12-/m1/s1. The highest BCUT2D eigenvalue weighted by Gasteiger charge is 2.39. The molecule has 2 aliphatic rings. The van der Waals surface area contributed by atoms with Crippen molar-refractivity contribution >= 4 is 5.97 Å². The van der Waals surface area contributed by atoms with Crippen LogP contribution in [0.3, 0.4) is 0 Å². The molecule has 15 heavy (non-hydrogen) atoms. The Morgan fingerprint density at radius 1 is 1.47 bits per heavy atom. The van der Waals surface area contributed by atoms with E-state index in [4.69, 9.17) is 4.74 Å². The van der Waals surface area contributed by atoms with Gasteiger partial charge in [0.05, 0.1) is 13.0 Å². The maximum atomic E-state index is 11.3. The monoisotopic (exact) mass is 208 g/mol. The zero-order valence-electron chi connectivity index (χ0n) is 9.82. The third-order valence-corrected chi connectivity index (χ3v) is 4.04. The van der Waals surface area contributed by atoms with Gasteiger partial charge in [0.25, 0.3) is 0 Å².